The second-order valence-electron chi connectivity index (χ2n) is 9.02. The summed E-state index contributed by atoms with van der Waals surface area (Å²) in [6.45, 7) is 6.03. The highest BCUT2D eigenvalue weighted by Gasteiger charge is 2.21. The van der Waals surface area contributed by atoms with Crippen LogP contribution in [0.25, 0.3) is 28.4 Å². The van der Waals surface area contributed by atoms with Gasteiger partial charge in [-0.2, -0.15) is 10.2 Å². The lowest BCUT2D eigenvalue weighted by Gasteiger charge is -2.33. The van der Waals surface area contributed by atoms with Gasteiger partial charge in [-0.05, 0) is 19.1 Å². The SMILES string of the molecule is Cc1ccc(-c2noc(CN3CCN(C(=O)/C=C/c4cn(CCC#N)c5ccccc45)CC3)n2)cc1. The number of piperazine rings is 1. The van der Waals surface area contributed by atoms with Gasteiger partial charge in [-0.1, -0.05) is 53.2 Å². The smallest absolute Gasteiger partial charge is 0.246 e. The number of carbonyl (C=O) groups is 1. The Kier molecular flexibility index (Phi) is 6.92. The highest BCUT2D eigenvalue weighted by Crippen LogP contribution is 2.23. The highest BCUT2D eigenvalue weighted by atomic mass is 16.5. The van der Waals surface area contributed by atoms with E-state index in [2.05, 4.69) is 25.7 Å². The summed E-state index contributed by atoms with van der Waals surface area (Å²) in [5.74, 6) is 1.18. The molecule has 5 rings (SSSR count). The molecule has 1 aliphatic heterocycles. The topological polar surface area (TPSA) is 91.2 Å². The van der Waals surface area contributed by atoms with Crippen molar-refractivity contribution in [3.63, 3.8) is 0 Å². The average Bonchev–Trinajstić information content (AvgIpc) is 3.51. The van der Waals surface area contributed by atoms with Crippen molar-refractivity contribution in [3.8, 4) is 17.5 Å². The van der Waals surface area contributed by atoms with Crippen LogP contribution in [-0.2, 0) is 17.9 Å². The minimum absolute atomic E-state index is 0.00273. The van der Waals surface area contributed by atoms with Crippen LogP contribution in [0.15, 0.2) is 65.3 Å². The number of benzene rings is 2. The molecular weight excluding hydrogens is 452 g/mol. The van der Waals surface area contributed by atoms with Crippen LogP contribution in [0.4, 0.5) is 0 Å². The van der Waals surface area contributed by atoms with Crippen molar-refractivity contribution in [2.45, 2.75) is 26.4 Å². The highest BCUT2D eigenvalue weighted by molar-refractivity contribution is 5.96. The second-order valence-corrected chi connectivity index (χ2v) is 9.02. The van der Waals surface area contributed by atoms with Gasteiger partial charge in [0.05, 0.1) is 19.0 Å². The van der Waals surface area contributed by atoms with Crippen LogP contribution in [-0.4, -0.2) is 56.6 Å². The third-order valence-corrected chi connectivity index (χ3v) is 6.51. The first-order valence-corrected chi connectivity index (χ1v) is 12.1. The molecule has 0 bridgehead atoms. The molecule has 8 heteroatoms. The zero-order valence-corrected chi connectivity index (χ0v) is 20.3. The summed E-state index contributed by atoms with van der Waals surface area (Å²) in [6, 6.07) is 18.3. The third kappa shape index (κ3) is 5.21. The number of rotatable bonds is 7. The van der Waals surface area contributed by atoms with Gasteiger partial charge in [0.2, 0.25) is 17.6 Å². The Balaban J connectivity index is 1.17. The first kappa shape index (κ1) is 23.5. The van der Waals surface area contributed by atoms with Gasteiger partial charge in [0, 0.05) is 67.0 Å². The zero-order chi connectivity index (χ0) is 24.9. The summed E-state index contributed by atoms with van der Waals surface area (Å²) in [5.41, 5.74) is 4.18. The van der Waals surface area contributed by atoms with Gasteiger partial charge in [0.25, 0.3) is 0 Å². The number of carbonyl (C=O) groups excluding carboxylic acids is 1. The van der Waals surface area contributed by atoms with Crippen LogP contribution in [0.3, 0.4) is 0 Å². The maximum Gasteiger partial charge on any atom is 0.246 e. The normalized spacial score (nSPS) is 14.5. The molecule has 2 aromatic heterocycles. The van der Waals surface area contributed by atoms with Crippen molar-refractivity contribution >= 4 is 22.9 Å². The van der Waals surface area contributed by atoms with Crippen molar-refractivity contribution in [2.24, 2.45) is 0 Å². The van der Waals surface area contributed by atoms with Gasteiger partial charge in [-0.15, -0.1) is 0 Å². The first-order chi connectivity index (χ1) is 17.6. The number of amides is 1. The quantitative estimate of drug-likeness (QED) is 0.367. The predicted molar refractivity (Wildman–Crippen MR) is 138 cm³/mol. The maximum atomic E-state index is 12.9. The largest absolute Gasteiger partial charge is 0.346 e. The lowest BCUT2D eigenvalue weighted by Crippen LogP contribution is -2.47. The Morgan fingerprint density at radius 1 is 1.11 bits per heavy atom. The van der Waals surface area contributed by atoms with Crippen molar-refractivity contribution in [1.29, 1.82) is 5.26 Å². The fourth-order valence-corrected chi connectivity index (χ4v) is 4.49. The number of aromatic nitrogens is 3. The van der Waals surface area contributed by atoms with Gasteiger partial charge >= 0.3 is 0 Å². The maximum absolute atomic E-state index is 12.9. The van der Waals surface area contributed by atoms with Gasteiger partial charge < -0.3 is 14.0 Å². The van der Waals surface area contributed by atoms with Crippen LogP contribution in [0.1, 0.15) is 23.4 Å². The molecule has 36 heavy (non-hydrogen) atoms. The summed E-state index contributed by atoms with van der Waals surface area (Å²) in [5, 5.41) is 14.1. The van der Waals surface area contributed by atoms with E-state index in [-0.39, 0.29) is 5.91 Å². The molecule has 3 heterocycles. The number of hydrogen-bond donors (Lipinski definition) is 0. The molecule has 0 atom stereocenters. The Morgan fingerprint density at radius 3 is 2.67 bits per heavy atom. The Morgan fingerprint density at radius 2 is 1.89 bits per heavy atom. The van der Waals surface area contributed by atoms with Gasteiger partial charge in [-0.3, -0.25) is 9.69 Å². The molecule has 182 valence electrons. The number of aryl methyl sites for hydroxylation is 2. The van der Waals surface area contributed by atoms with Crippen LogP contribution < -0.4 is 0 Å². The van der Waals surface area contributed by atoms with E-state index in [0.29, 0.717) is 44.3 Å². The first-order valence-electron chi connectivity index (χ1n) is 12.1. The van der Waals surface area contributed by atoms with Gasteiger partial charge in [0.15, 0.2) is 0 Å². The standard InChI is InChI=1S/C28H28N6O2/c1-21-7-9-22(10-8-21)28-30-26(36-31-28)20-32-15-17-33(18-16-32)27(35)12-11-23-19-34(14-4-13-29)25-6-3-2-5-24(23)25/h2-3,5-12,19H,4,14-18,20H2,1H3/b12-11+. The molecule has 0 radical (unpaired) electrons. The van der Waals surface area contributed by atoms with E-state index in [1.54, 1.807) is 6.08 Å². The summed E-state index contributed by atoms with van der Waals surface area (Å²) in [7, 11) is 0. The summed E-state index contributed by atoms with van der Waals surface area (Å²) in [4.78, 5) is 21.5. The van der Waals surface area contributed by atoms with Gasteiger partial charge in [0.1, 0.15) is 0 Å². The Hall–Kier alpha value is -4.22. The summed E-state index contributed by atoms with van der Waals surface area (Å²) >= 11 is 0. The predicted octanol–water partition coefficient (Wildman–Crippen LogP) is 4.27. The van der Waals surface area contributed by atoms with E-state index < -0.39 is 0 Å². The van der Waals surface area contributed by atoms with Crippen LogP contribution in [0.5, 0.6) is 0 Å². The number of hydrogen-bond acceptors (Lipinski definition) is 6. The van der Waals surface area contributed by atoms with Crippen molar-refractivity contribution in [2.75, 3.05) is 26.2 Å². The molecular formula is C28H28N6O2. The molecule has 1 saturated heterocycles. The minimum Gasteiger partial charge on any atom is -0.346 e. The molecule has 0 unspecified atom stereocenters. The van der Waals surface area contributed by atoms with E-state index in [1.807, 2.05) is 72.6 Å². The molecule has 0 spiro atoms. The Bertz CT molecular complexity index is 1420. The molecule has 0 aliphatic carbocycles. The van der Waals surface area contributed by atoms with E-state index in [4.69, 9.17) is 9.78 Å². The summed E-state index contributed by atoms with van der Waals surface area (Å²) < 4.78 is 7.53. The number of nitrogens with zero attached hydrogens (tertiary/aromatic N) is 6. The number of nitriles is 1. The minimum atomic E-state index is 0.00273. The van der Waals surface area contributed by atoms with Crippen molar-refractivity contribution < 1.29 is 9.32 Å². The van der Waals surface area contributed by atoms with E-state index in [0.717, 1.165) is 35.1 Å². The van der Waals surface area contributed by atoms with Crippen molar-refractivity contribution in [3.05, 3.63) is 77.8 Å². The molecule has 1 amide bonds. The van der Waals surface area contributed by atoms with E-state index >= 15 is 0 Å². The average molecular weight is 481 g/mol. The second kappa shape index (κ2) is 10.6. The monoisotopic (exact) mass is 480 g/mol. The van der Waals surface area contributed by atoms with Crippen LogP contribution in [0, 0.1) is 18.3 Å². The fourth-order valence-electron chi connectivity index (χ4n) is 4.49. The van der Waals surface area contributed by atoms with Crippen molar-refractivity contribution in [1.82, 2.24) is 24.5 Å². The molecule has 1 aliphatic rings. The molecule has 0 N–H and O–H groups in total. The molecule has 8 nitrogen and oxygen atoms in total. The Labute approximate surface area is 210 Å². The van der Waals surface area contributed by atoms with E-state index in [9.17, 15) is 4.79 Å². The summed E-state index contributed by atoms with van der Waals surface area (Å²) in [6.07, 6.45) is 5.99. The van der Waals surface area contributed by atoms with E-state index in [1.165, 1.54) is 5.56 Å². The zero-order valence-electron chi connectivity index (χ0n) is 20.3. The third-order valence-electron chi connectivity index (χ3n) is 6.51. The molecule has 2 aromatic carbocycles. The lowest BCUT2D eigenvalue weighted by molar-refractivity contribution is -0.127. The van der Waals surface area contributed by atoms with Crippen LogP contribution in [0.2, 0.25) is 0 Å². The van der Waals surface area contributed by atoms with Gasteiger partial charge in [-0.25, -0.2) is 0 Å². The molecule has 0 saturated carbocycles. The lowest BCUT2D eigenvalue weighted by atomic mass is 10.1. The number of fused-ring (bicyclic) bond motifs is 1. The molecule has 4 aromatic rings. The van der Waals surface area contributed by atoms with Crippen LogP contribution >= 0.6 is 0 Å². The fraction of sp³-hybridized carbons (Fsp3) is 0.286. The number of para-hydroxylation sites is 1. The molecule has 1 fully saturated rings.